The maximum atomic E-state index is 12.3. The maximum Gasteiger partial charge on any atom is 0.343 e. The van der Waals surface area contributed by atoms with E-state index in [1.807, 2.05) is 48.5 Å². The van der Waals surface area contributed by atoms with Crippen molar-refractivity contribution >= 4 is 5.97 Å². The Kier molecular flexibility index (Phi) is 5.82. The molecule has 3 rings (SSSR count). The molecule has 3 nitrogen and oxygen atoms in total. The van der Waals surface area contributed by atoms with Gasteiger partial charge in [-0.15, -0.1) is 0 Å². The number of rotatable bonds is 6. The van der Waals surface area contributed by atoms with Crippen LogP contribution in [0.15, 0.2) is 72.8 Å². The third-order valence-electron chi connectivity index (χ3n) is 4.26. The number of ether oxygens (including phenoxy) is 2. The highest BCUT2D eigenvalue weighted by molar-refractivity contribution is 5.91. The average Bonchev–Trinajstić information content (AvgIpc) is 2.69. The molecule has 3 heteroatoms. The number of hydrogen-bond acceptors (Lipinski definition) is 3. The summed E-state index contributed by atoms with van der Waals surface area (Å²) in [5.74, 6) is 0.209. The standard InChI is InChI=1S/C23H22O3/c1-3-17-6-14-22(15-7-17)26-23(24)21-12-10-20(11-13-21)19-8-4-18(5-9-19)16-25-2/h4-15H,3,16H2,1-2H3. The molecular formula is C23H22O3. The molecule has 3 aromatic rings. The van der Waals surface area contributed by atoms with Crippen molar-refractivity contribution in [2.24, 2.45) is 0 Å². The van der Waals surface area contributed by atoms with Crippen LogP contribution in [0.5, 0.6) is 5.75 Å². The molecule has 0 spiro atoms. The SMILES string of the molecule is CCc1ccc(OC(=O)c2ccc(-c3ccc(COC)cc3)cc2)cc1. The fourth-order valence-electron chi connectivity index (χ4n) is 2.72. The molecule has 0 aliphatic rings. The molecule has 0 amide bonds. The highest BCUT2D eigenvalue weighted by Crippen LogP contribution is 2.21. The summed E-state index contributed by atoms with van der Waals surface area (Å²) in [5, 5.41) is 0. The Labute approximate surface area is 154 Å². The van der Waals surface area contributed by atoms with Gasteiger partial charge in [-0.05, 0) is 52.9 Å². The molecule has 0 N–H and O–H groups in total. The van der Waals surface area contributed by atoms with Crippen molar-refractivity contribution in [3.05, 3.63) is 89.5 Å². The predicted molar refractivity (Wildman–Crippen MR) is 103 cm³/mol. The summed E-state index contributed by atoms with van der Waals surface area (Å²) < 4.78 is 10.6. The minimum atomic E-state index is -0.351. The summed E-state index contributed by atoms with van der Waals surface area (Å²) in [6, 6.07) is 23.2. The van der Waals surface area contributed by atoms with E-state index in [4.69, 9.17) is 9.47 Å². The van der Waals surface area contributed by atoms with Gasteiger partial charge in [0, 0.05) is 7.11 Å². The highest BCUT2D eigenvalue weighted by Gasteiger charge is 2.09. The fourth-order valence-corrected chi connectivity index (χ4v) is 2.72. The third kappa shape index (κ3) is 4.38. The molecule has 0 aliphatic carbocycles. The molecule has 0 fully saturated rings. The van der Waals surface area contributed by atoms with Crippen molar-refractivity contribution in [2.75, 3.05) is 7.11 Å². The molecule has 132 valence electrons. The molecule has 0 radical (unpaired) electrons. The summed E-state index contributed by atoms with van der Waals surface area (Å²) in [6.45, 7) is 2.69. The lowest BCUT2D eigenvalue weighted by atomic mass is 10.0. The van der Waals surface area contributed by atoms with Crippen molar-refractivity contribution in [1.29, 1.82) is 0 Å². The van der Waals surface area contributed by atoms with Crippen LogP contribution in [-0.4, -0.2) is 13.1 Å². The second-order valence-electron chi connectivity index (χ2n) is 6.09. The largest absolute Gasteiger partial charge is 0.423 e. The average molecular weight is 346 g/mol. The molecule has 0 atom stereocenters. The zero-order valence-corrected chi connectivity index (χ0v) is 15.1. The second-order valence-corrected chi connectivity index (χ2v) is 6.09. The number of aryl methyl sites for hydroxylation is 1. The lowest BCUT2D eigenvalue weighted by Gasteiger charge is -2.07. The van der Waals surface area contributed by atoms with Crippen LogP contribution in [0, 0.1) is 0 Å². The van der Waals surface area contributed by atoms with E-state index in [1.54, 1.807) is 19.2 Å². The Hall–Kier alpha value is -2.91. The summed E-state index contributed by atoms with van der Waals surface area (Å²) in [7, 11) is 1.68. The smallest absolute Gasteiger partial charge is 0.343 e. The van der Waals surface area contributed by atoms with Crippen LogP contribution in [0.4, 0.5) is 0 Å². The van der Waals surface area contributed by atoms with E-state index >= 15 is 0 Å². The number of carbonyl (C=O) groups is 1. The molecule has 0 unspecified atom stereocenters. The monoisotopic (exact) mass is 346 g/mol. The van der Waals surface area contributed by atoms with Gasteiger partial charge in [-0.25, -0.2) is 4.79 Å². The molecule has 26 heavy (non-hydrogen) atoms. The van der Waals surface area contributed by atoms with Crippen molar-refractivity contribution < 1.29 is 14.3 Å². The van der Waals surface area contributed by atoms with Gasteiger partial charge in [0.1, 0.15) is 5.75 Å². The first-order valence-corrected chi connectivity index (χ1v) is 8.69. The molecule has 0 saturated heterocycles. The van der Waals surface area contributed by atoms with E-state index in [-0.39, 0.29) is 5.97 Å². The number of benzene rings is 3. The van der Waals surface area contributed by atoms with Crippen LogP contribution in [-0.2, 0) is 17.8 Å². The van der Waals surface area contributed by atoms with E-state index in [0.717, 1.165) is 23.1 Å². The van der Waals surface area contributed by atoms with Crippen molar-refractivity contribution in [2.45, 2.75) is 20.0 Å². The molecule has 3 aromatic carbocycles. The zero-order valence-electron chi connectivity index (χ0n) is 15.1. The molecular weight excluding hydrogens is 324 g/mol. The summed E-state index contributed by atoms with van der Waals surface area (Å²) in [5.41, 5.74) is 5.03. The molecule has 0 heterocycles. The first-order chi connectivity index (χ1) is 12.7. The Morgan fingerprint density at radius 3 is 1.85 bits per heavy atom. The Morgan fingerprint density at radius 1 is 0.769 bits per heavy atom. The van der Waals surface area contributed by atoms with Gasteiger partial charge in [0.2, 0.25) is 0 Å². The predicted octanol–water partition coefficient (Wildman–Crippen LogP) is 5.28. The minimum Gasteiger partial charge on any atom is -0.423 e. The van der Waals surface area contributed by atoms with Gasteiger partial charge in [0.25, 0.3) is 0 Å². The maximum absolute atomic E-state index is 12.3. The van der Waals surface area contributed by atoms with Crippen LogP contribution in [0.3, 0.4) is 0 Å². The number of carbonyl (C=O) groups excluding carboxylic acids is 1. The second kappa shape index (κ2) is 8.45. The van der Waals surface area contributed by atoms with Gasteiger partial charge in [0.15, 0.2) is 0 Å². The van der Waals surface area contributed by atoms with E-state index in [9.17, 15) is 4.79 Å². The zero-order chi connectivity index (χ0) is 18.4. The van der Waals surface area contributed by atoms with Crippen molar-refractivity contribution in [1.82, 2.24) is 0 Å². The normalized spacial score (nSPS) is 10.5. The summed E-state index contributed by atoms with van der Waals surface area (Å²) >= 11 is 0. The fraction of sp³-hybridized carbons (Fsp3) is 0.174. The summed E-state index contributed by atoms with van der Waals surface area (Å²) in [4.78, 5) is 12.3. The van der Waals surface area contributed by atoms with Crippen LogP contribution in [0.1, 0.15) is 28.4 Å². The Balaban J connectivity index is 1.68. The van der Waals surface area contributed by atoms with Crippen molar-refractivity contribution in [3.8, 4) is 16.9 Å². The molecule has 0 saturated carbocycles. The van der Waals surface area contributed by atoms with Gasteiger partial charge in [0.05, 0.1) is 12.2 Å². The van der Waals surface area contributed by atoms with Crippen LogP contribution >= 0.6 is 0 Å². The van der Waals surface area contributed by atoms with Gasteiger partial charge in [-0.3, -0.25) is 0 Å². The number of methoxy groups -OCH3 is 1. The lowest BCUT2D eigenvalue weighted by Crippen LogP contribution is -2.08. The first kappa shape index (κ1) is 17.9. The van der Waals surface area contributed by atoms with Gasteiger partial charge < -0.3 is 9.47 Å². The quantitative estimate of drug-likeness (QED) is 0.450. The van der Waals surface area contributed by atoms with Gasteiger partial charge in [-0.2, -0.15) is 0 Å². The van der Waals surface area contributed by atoms with Crippen LogP contribution in [0.2, 0.25) is 0 Å². The molecule has 0 aliphatic heterocycles. The highest BCUT2D eigenvalue weighted by atomic mass is 16.5. The third-order valence-corrected chi connectivity index (χ3v) is 4.26. The Morgan fingerprint density at radius 2 is 1.31 bits per heavy atom. The van der Waals surface area contributed by atoms with Gasteiger partial charge in [-0.1, -0.05) is 55.5 Å². The van der Waals surface area contributed by atoms with Gasteiger partial charge >= 0.3 is 5.97 Å². The molecule has 0 bridgehead atoms. The van der Waals surface area contributed by atoms with E-state index in [1.165, 1.54) is 5.56 Å². The van der Waals surface area contributed by atoms with Crippen molar-refractivity contribution in [3.63, 3.8) is 0 Å². The van der Waals surface area contributed by atoms with Crippen LogP contribution < -0.4 is 4.74 Å². The van der Waals surface area contributed by atoms with E-state index < -0.39 is 0 Å². The number of hydrogen-bond donors (Lipinski definition) is 0. The van der Waals surface area contributed by atoms with Crippen LogP contribution in [0.25, 0.3) is 11.1 Å². The van der Waals surface area contributed by atoms with E-state index in [2.05, 4.69) is 19.1 Å². The summed E-state index contributed by atoms with van der Waals surface area (Å²) in [6.07, 6.45) is 0.960. The lowest BCUT2D eigenvalue weighted by molar-refractivity contribution is 0.0735. The number of esters is 1. The topological polar surface area (TPSA) is 35.5 Å². The van der Waals surface area contributed by atoms with E-state index in [0.29, 0.717) is 17.9 Å². The molecule has 0 aromatic heterocycles. The Bertz CT molecular complexity index is 847. The minimum absolute atomic E-state index is 0.351. The first-order valence-electron chi connectivity index (χ1n) is 8.69.